The molecule has 1 aromatic carbocycles. The summed E-state index contributed by atoms with van der Waals surface area (Å²) >= 11 is 5.77. The van der Waals surface area contributed by atoms with Crippen molar-refractivity contribution in [3.8, 4) is 0 Å². The van der Waals surface area contributed by atoms with Crippen LogP contribution in [-0.4, -0.2) is 29.3 Å². The standard InChI is InChI=1S/C15H20ClFN2O2/c1-15(2,3)21-14(20)19-8-4-5-13(19)18-10-6-7-12(17)11(16)9-10/h6-7,9,13,18H,4-5,8H2,1-3H3/t13-/m0/s1. The maximum absolute atomic E-state index is 13.2. The first-order chi connectivity index (χ1) is 9.76. The number of anilines is 1. The minimum absolute atomic E-state index is 0.0572. The lowest BCUT2D eigenvalue weighted by atomic mass is 10.2. The van der Waals surface area contributed by atoms with Crippen LogP contribution in [0.4, 0.5) is 14.9 Å². The first-order valence-corrected chi connectivity index (χ1v) is 7.35. The molecule has 0 aromatic heterocycles. The summed E-state index contributed by atoms with van der Waals surface area (Å²) in [6.07, 6.45) is 1.20. The van der Waals surface area contributed by atoms with E-state index in [1.807, 2.05) is 20.8 Å². The zero-order valence-corrected chi connectivity index (χ0v) is 13.2. The fourth-order valence-electron chi connectivity index (χ4n) is 2.23. The first kappa shape index (κ1) is 15.9. The van der Waals surface area contributed by atoms with Crippen LogP contribution in [0.3, 0.4) is 0 Å². The molecule has 0 radical (unpaired) electrons. The van der Waals surface area contributed by atoms with Crippen LogP contribution >= 0.6 is 11.6 Å². The van der Waals surface area contributed by atoms with Gasteiger partial charge in [0.1, 0.15) is 17.6 Å². The van der Waals surface area contributed by atoms with Gasteiger partial charge in [0.2, 0.25) is 0 Å². The summed E-state index contributed by atoms with van der Waals surface area (Å²) in [5.41, 5.74) is 0.158. The van der Waals surface area contributed by atoms with Crippen molar-refractivity contribution in [2.45, 2.75) is 45.4 Å². The van der Waals surface area contributed by atoms with E-state index >= 15 is 0 Å². The number of hydrogen-bond donors (Lipinski definition) is 1. The molecule has 1 heterocycles. The first-order valence-electron chi connectivity index (χ1n) is 6.97. The molecule has 1 saturated heterocycles. The van der Waals surface area contributed by atoms with Crippen molar-refractivity contribution in [2.24, 2.45) is 0 Å². The van der Waals surface area contributed by atoms with Crippen LogP contribution in [0.15, 0.2) is 18.2 Å². The van der Waals surface area contributed by atoms with Crippen molar-refractivity contribution in [2.75, 3.05) is 11.9 Å². The third kappa shape index (κ3) is 4.24. The molecule has 0 bridgehead atoms. The molecule has 0 spiro atoms. The van der Waals surface area contributed by atoms with E-state index < -0.39 is 11.4 Å². The Balaban J connectivity index is 2.05. The van der Waals surface area contributed by atoms with Gasteiger partial charge in [-0.15, -0.1) is 0 Å². The molecule has 0 unspecified atom stereocenters. The Hall–Kier alpha value is -1.49. The number of likely N-dealkylation sites (tertiary alicyclic amines) is 1. The average Bonchev–Trinajstić information content (AvgIpc) is 2.80. The maximum atomic E-state index is 13.2. The summed E-state index contributed by atoms with van der Waals surface area (Å²) in [6.45, 7) is 6.15. The number of halogens is 2. The third-order valence-corrected chi connectivity index (χ3v) is 3.42. The second-order valence-corrected chi connectivity index (χ2v) is 6.51. The van der Waals surface area contributed by atoms with E-state index in [9.17, 15) is 9.18 Å². The Morgan fingerprint density at radius 3 is 2.81 bits per heavy atom. The van der Waals surface area contributed by atoms with E-state index in [2.05, 4.69) is 5.32 Å². The highest BCUT2D eigenvalue weighted by molar-refractivity contribution is 6.31. The number of carbonyl (C=O) groups excluding carboxylic acids is 1. The van der Waals surface area contributed by atoms with Crippen LogP contribution in [0.25, 0.3) is 0 Å². The molecular formula is C15H20ClFN2O2. The van der Waals surface area contributed by atoms with Gasteiger partial charge in [0.05, 0.1) is 5.02 Å². The third-order valence-electron chi connectivity index (χ3n) is 3.13. The highest BCUT2D eigenvalue weighted by Gasteiger charge is 2.32. The van der Waals surface area contributed by atoms with Crippen molar-refractivity contribution in [3.05, 3.63) is 29.0 Å². The van der Waals surface area contributed by atoms with E-state index in [-0.39, 0.29) is 17.3 Å². The second-order valence-electron chi connectivity index (χ2n) is 6.10. The predicted octanol–water partition coefficient (Wildman–Crippen LogP) is 4.25. The Morgan fingerprint density at radius 1 is 1.48 bits per heavy atom. The molecule has 4 nitrogen and oxygen atoms in total. The van der Waals surface area contributed by atoms with Crippen LogP contribution in [0.1, 0.15) is 33.6 Å². The number of carbonyl (C=O) groups is 1. The van der Waals surface area contributed by atoms with E-state index in [4.69, 9.17) is 16.3 Å². The lowest BCUT2D eigenvalue weighted by Crippen LogP contribution is -2.43. The number of nitrogens with zero attached hydrogens (tertiary/aromatic N) is 1. The van der Waals surface area contributed by atoms with Crippen molar-refractivity contribution in [1.82, 2.24) is 4.90 Å². The van der Waals surface area contributed by atoms with Gasteiger partial charge in [-0.05, 0) is 51.8 Å². The number of amides is 1. The van der Waals surface area contributed by atoms with Gasteiger partial charge in [0.15, 0.2) is 0 Å². The molecule has 0 aliphatic carbocycles. The van der Waals surface area contributed by atoms with Crippen molar-refractivity contribution < 1.29 is 13.9 Å². The summed E-state index contributed by atoms with van der Waals surface area (Å²) in [5, 5.41) is 3.26. The molecule has 1 amide bonds. The molecular weight excluding hydrogens is 295 g/mol. The second kappa shape index (κ2) is 6.10. The van der Waals surface area contributed by atoms with Crippen molar-refractivity contribution in [3.63, 3.8) is 0 Å². The van der Waals surface area contributed by atoms with Gasteiger partial charge in [-0.3, -0.25) is 4.90 Å². The van der Waals surface area contributed by atoms with Crippen LogP contribution < -0.4 is 5.32 Å². The van der Waals surface area contributed by atoms with Crippen molar-refractivity contribution >= 4 is 23.4 Å². The molecule has 1 atom stereocenters. The molecule has 21 heavy (non-hydrogen) atoms. The highest BCUT2D eigenvalue weighted by atomic mass is 35.5. The molecule has 2 rings (SSSR count). The molecule has 1 fully saturated rings. The number of hydrogen-bond acceptors (Lipinski definition) is 3. The molecule has 1 aliphatic heterocycles. The van der Waals surface area contributed by atoms with Gasteiger partial charge in [-0.25, -0.2) is 9.18 Å². The number of rotatable bonds is 2. The summed E-state index contributed by atoms with van der Waals surface area (Å²) in [6, 6.07) is 4.42. The average molecular weight is 315 g/mol. The van der Waals surface area contributed by atoms with Gasteiger partial charge < -0.3 is 10.1 Å². The molecule has 116 valence electrons. The zero-order valence-electron chi connectivity index (χ0n) is 12.5. The normalized spacial score (nSPS) is 18.7. The smallest absolute Gasteiger partial charge is 0.411 e. The maximum Gasteiger partial charge on any atom is 0.411 e. The minimum atomic E-state index is -0.524. The lowest BCUT2D eigenvalue weighted by Gasteiger charge is -2.29. The monoisotopic (exact) mass is 314 g/mol. The zero-order chi connectivity index (χ0) is 15.6. The van der Waals surface area contributed by atoms with Crippen molar-refractivity contribution in [1.29, 1.82) is 0 Å². The van der Waals surface area contributed by atoms with Gasteiger partial charge in [0, 0.05) is 12.2 Å². The fourth-order valence-corrected chi connectivity index (χ4v) is 2.41. The molecule has 1 N–H and O–H groups in total. The summed E-state index contributed by atoms with van der Waals surface area (Å²) in [4.78, 5) is 13.8. The Morgan fingerprint density at radius 2 is 2.19 bits per heavy atom. The lowest BCUT2D eigenvalue weighted by molar-refractivity contribution is 0.0244. The molecule has 1 aliphatic rings. The van der Waals surface area contributed by atoms with Gasteiger partial charge in [-0.2, -0.15) is 0 Å². The largest absolute Gasteiger partial charge is 0.444 e. The number of benzene rings is 1. The highest BCUT2D eigenvalue weighted by Crippen LogP contribution is 2.25. The summed E-state index contributed by atoms with van der Waals surface area (Å²) in [5.74, 6) is -0.461. The van der Waals surface area contributed by atoms with E-state index in [0.29, 0.717) is 12.2 Å². The van der Waals surface area contributed by atoms with Gasteiger partial charge in [-0.1, -0.05) is 11.6 Å². The van der Waals surface area contributed by atoms with Gasteiger partial charge >= 0.3 is 6.09 Å². The molecule has 6 heteroatoms. The van der Waals surface area contributed by atoms with E-state index in [0.717, 1.165) is 12.8 Å². The summed E-state index contributed by atoms with van der Waals surface area (Å²) < 4.78 is 18.6. The van der Waals surface area contributed by atoms with Crippen LogP contribution in [0.2, 0.25) is 5.02 Å². The molecule has 1 aromatic rings. The Bertz CT molecular complexity index is 531. The SMILES string of the molecule is CC(C)(C)OC(=O)N1CCC[C@H]1Nc1ccc(F)c(Cl)c1. The van der Waals surface area contributed by atoms with Crippen LogP contribution in [0, 0.1) is 5.82 Å². The number of ether oxygens (including phenoxy) is 1. The van der Waals surface area contributed by atoms with Crippen LogP contribution in [0.5, 0.6) is 0 Å². The van der Waals surface area contributed by atoms with Gasteiger partial charge in [0.25, 0.3) is 0 Å². The fraction of sp³-hybridized carbons (Fsp3) is 0.533. The van der Waals surface area contributed by atoms with E-state index in [1.54, 1.807) is 11.0 Å². The number of nitrogens with one attached hydrogen (secondary N) is 1. The Labute approximate surface area is 129 Å². The Kier molecular flexibility index (Phi) is 4.61. The quantitative estimate of drug-likeness (QED) is 0.887. The summed E-state index contributed by atoms with van der Waals surface area (Å²) in [7, 11) is 0. The molecule has 0 saturated carbocycles. The van der Waals surface area contributed by atoms with Crippen LogP contribution in [-0.2, 0) is 4.74 Å². The predicted molar refractivity (Wildman–Crippen MR) is 81.0 cm³/mol. The topological polar surface area (TPSA) is 41.6 Å². The minimum Gasteiger partial charge on any atom is -0.444 e. The van der Waals surface area contributed by atoms with E-state index in [1.165, 1.54) is 12.1 Å².